The minimum atomic E-state index is -6.15. The Labute approximate surface area is 166 Å². The summed E-state index contributed by atoms with van der Waals surface area (Å²) in [6.45, 7) is -5.19. The third-order valence-electron chi connectivity index (χ3n) is 4.68. The van der Waals surface area contributed by atoms with Crippen LogP contribution in [-0.4, -0.2) is 20.3 Å². The summed E-state index contributed by atoms with van der Waals surface area (Å²) < 4.78 is 85.1. The van der Waals surface area contributed by atoms with Crippen molar-refractivity contribution in [1.82, 2.24) is 0 Å². The molecule has 3 nitrogen and oxygen atoms in total. The van der Waals surface area contributed by atoms with E-state index in [1.165, 1.54) is 72.8 Å². The van der Waals surface area contributed by atoms with E-state index in [2.05, 4.69) is 0 Å². The molecular weight excluding hydrogens is 427 g/mol. The molecule has 0 aliphatic rings. The van der Waals surface area contributed by atoms with Gasteiger partial charge in [0.15, 0.2) is 0 Å². The van der Waals surface area contributed by atoms with E-state index in [-0.39, 0.29) is 15.9 Å². The molecule has 0 bridgehead atoms. The van der Waals surface area contributed by atoms with E-state index in [1.54, 1.807) is 18.2 Å². The maximum absolute atomic E-state index is 15.2. The van der Waals surface area contributed by atoms with Crippen LogP contribution in [0, 0.1) is 0 Å². The first-order chi connectivity index (χ1) is 13.7. The Hall–Kier alpha value is -2.28. The number of halogens is 4. The molecule has 0 atom stereocenters. The van der Waals surface area contributed by atoms with Gasteiger partial charge in [-0.3, -0.25) is 0 Å². The normalized spacial score (nSPS) is 14.1. The van der Waals surface area contributed by atoms with Crippen molar-refractivity contribution in [1.29, 1.82) is 0 Å². The van der Waals surface area contributed by atoms with Crippen LogP contribution in [0.3, 0.4) is 0 Å². The number of alkyl halides is 4. The molecule has 0 unspecified atom stereocenters. The average Bonchev–Trinajstić information content (AvgIpc) is 2.73. The van der Waals surface area contributed by atoms with Gasteiger partial charge in [0.05, 0.1) is 0 Å². The van der Waals surface area contributed by atoms with E-state index >= 15 is 4.39 Å². The van der Waals surface area contributed by atoms with E-state index < -0.39 is 28.9 Å². The van der Waals surface area contributed by atoms with E-state index in [4.69, 9.17) is 3.97 Å². The molecule has 9 heteroatoms. The van der Waals surface area contributed by atoms with Gasteiger partial charge in [0.1, 0.15) is 0 Å². The Balaban J connectivity index is 2.54. The molecule has 3 aromatic carbocycles. The first-order valence-corrected chi connectivity index (χ1v) is 12.2. The Kier molecular flexibility index (Phi) is 5.56. The van der Waals surface area contributed by atoms with Crippen LogP contribution < -0.4 is 15.9 Å². The minimum absolute atomic E-state index is 0.0335. The molecule has 29 heavy (non-hydrogen) atoms. The van der Waals surface area contributed by atoms with Crippen molar-refractivity contribution in [3.05, 3.63) is 91.0 Å². The summed E-state index contributed by atoms with van der Waals surface area (Å²) in [5.41, 5.74) is -5.72. The molecule has 0 amide bonds. The van der Waals surface area contributed by atoms with E-state index in [0.717, 1.165) is 0 Å². The Bertz CT molecular complexity index is 974. The van der Waals surface area contributed by atoms with E-state index in [9.17, 15) is 21.6 Å². The summed E-state index contributed by atoms with van der Waals surface area (Å²) in [5, 5.41) is 0.101. The quantitative estimate of drug-likeness (QED) is 0.325. The molecule has 0 saturated heterocycles. The molecule has 0 heterocycles. The molecule has 0 radical (unpaired) electrons. The zero-order valence-electron chi connectivity index (χ0n) is 15.0. The zero-order chi connectivity index (χ0) is 21.2. The van der Waals surface area contributed by atoms with Crippen molar-refractivity contribution < 1.29 is 29.9 Å². The van der Waals surface area contributed by atoms with Gasteiger partial charge in [-0.25, -0.2) is 0 Å². The van der Waals surface area contributed by atoms with E-state index in [0.29, 0.717) is 0 Å². The standard InChI is InChI=1S/C20H17F4O3PS/c21-16-28(17-10-4-1-5-11-17,18-12-6-2-7-13-18,19-14-8-3-9-15-19)27-29(25,26)20(22,23)24/h1-15H,16H2. The van der Waals surface area contributed by atoms with Gasteiger partial charge >= 0.3 is 166 Å². The van der Waals surface area contributed by atoms with Gasteiger partial charge in [0.2, 0.25) is 0 Å². The predicted molar refractivity (Wildman–Crippen MR) is 107 cm³/mol. The van der Waals surface area contributed by atoms with Crippen LogP contribution in [0.25, 0.3) is 0 Å². The topological polar surface area (TPSA) is 43.4 Å². The van der Waals surface area contributed by atoms with Crippen molar-refractivity contribution in [3.8, 4) is 0 Å². The van der Waals surface area contributed by atoms with Gasteiger partial charge in [-0.1, -0.05) is 0 Å². The van der Waals surface area contributed by atoms with Crippen LogP contribution in [0.1, 0.15) is 0 Å². The summed E-state index contributed by atoms with van der Waals surface area (Å²) in [6, 6.07) is 22.2. The maximum atomic E-state index is 15.2. The van der Waals surface area contributed by atoms with E-state index in [1.807, 2.05) is 0 Å². The average molecular weight is 444 g/mol. The molecule has 0 aromatic heterocycles. The van der Waals surface area contributed by atoms with Crippen LogP contribution in [0.4, 0.5) is 17.6 Å². The second-order valence-electron chi connectivity index (χ2n) is 6.31. The van der Waals surface area contributed by atoms with Gasteiger partial charge in [-0.05, 0) is 0 Å². The van der Waals surface area contributed by atoms with Gasteiger partial charge in [-0.2, -0.15) is 0 Å². The first-order valence-electron chi connectivity index (χ1n) is 8.44. The Morgan fingerprint density at radius 3 is 1.24 bits per heavy atom. The number of hydrogen-bond acceptors (Lipinski definition) is 3. The van der Waals surface area contributed by atoms with Crippen molar-refractivity contribution in [2.75, 3.05) is 6.42 Å². The molecule has 0 saturated carbocycles. The predicted octanol–water partition coefficient (Wildman–Crippen LogP) is 4.22. The van der Waals surface area contributed by atoms with Gasteiger partial charge in [0.25, 0.3) is 0 Å². The molecule has 0 aliphatic carbocycles. The Morgan fingerprint density at radius 2 is 1.00 bits per heavy atom. The monoisotopic (exact) mass is 444 g/mol. The van der Waals surface area contributed by atoms with Crippen LogP contribution in [0.5, 0.6) is 0 Å². The third kappa shape index (κ3) is 3.35. The first kappa shape index (κ1) is 21.4. The fourth-order valence-corrected chi connectivity index (χ4v) is 10.3. The van der Waals surface area contributed by atoms with Crippen molar-refractivity contribution in [3.63, 3.8) is 0 Å². The molecule has 0 spiro atoms. The second kappa shape index (κ2) is 7.52. The molecule has 3 aromatic rings. The number of hydrogen-bond donors (Lipinski definition) is 0. The van der Waals surface area contributed by atoms with Crippen LogP contribution in [0.15, 0.2) is 91.0 Å². The van der Waals surface area contributed by atoms with Crippen LogP contribution >= 0.6 is 6.83 Å². The molecule has 154 valence electrons. The van der Waals surface area contributed by atoms with Gasteiger partial charge in [0, 0.05) is 0 Å². The summed E-state index contributed by atoms with van der Waals surface area (Å²) in [4.78, 5) is 0. The van der Waals surface area contributed by atoms with Crippen molar-refractivity contribution in [2.24, 2.45) is 0 Å². The van der Waals surface area contributed by atoms with Crippen molar-refractivity contribution >= 4 is 32.9 Å². The number of benzene rings is 3. The fourth-order valence-electron chi connectivity index (χ4n) is 3.29. The summed E-state index contributed by atoms with van der Waals surface area (Å²) in [5.74, 6) is 0. The SMILES string of the molecule is O=S(=O)(OP(CF)(c1ccccc1)(c1ccccc1)c1ccccc1)C(F)(F)F. The summed E-state index contributed by atoms with van der Waals surface area (Å²) >= 11 is 0. The molecule has 0 fully saturated rings. The second-order valence-corrected chi connectivity index (χ2v) is 12.5. The summed E-state index contributed by atoms with van der Waals surface area (Å²) in [7, 11) is -6.15. The number of rotatable bonds is 6. The fraction of sp³-hybridized carbons (Fsp3) is 0.100. The molecule has 0 N–H and O–H groups in total. The molecule has 3 rings (SSSR count). The molecule has 0 aliphatic heterocycles. The van der Waals surface area contributed by atoms with Crippen LogP contribution in [0.2, 0.25) is 0 Å². The summed E-state index contributed by atoms with van der Waals surface area (Å²) in [6.07, 6.45) is -1.47. The van der Waals surface area contributed by atoms with Crippen LogP contribution in [-0.2, 0) is 14.1 Å². The van der Waals surface area contributed by atoms with Crippen molar-refractivity contribution in [2.45, 2.75) is 5.51 Å². The van der Waals surface area contributed by atoms with Gasteiger partial charge in [-0.15, -0.1) is 0 Å². The zero-order valence-corrected chi connectivity index (χ0v) is 16.7. The molecular formula is C20H17F4O3PS. The van der Waals surface area contributed by atoms with Gasteiger partial charge < -0.3 is 0 Å². The third-order valence-corrected chi connectivity index (χ3v) is 12.0. The Morgan fingerprint density at radius 1 is 0.690 bits per heavy atom.